The molecular weight excluding hydrogens is 418 g/mol. The molecule has 0 spiro atoms. The third-order valence-corrected chi connectivity index (χ3v) is 8.18. The Bertz CT molecular complexity index is 1080. The van der Waals surface area contributed by atoms with Crippen LogP contribution in [0.3, 0.4) is 0 Å². The van der Waals surface area contributed by atoms with Crippen LogP contribution < -0.4 is 4.90 Å². The third kappa shape index (κ3) is 3.15. The minimum Gasteiger partial charge on any atom is -0.273 e. The maximum atomic E-state index is 14.5. The summed E-state index contributed by atoms with van der Waals surface area (Å²) < 4.78 is 0. The number of amides is 1. The Balaban J connectivity index is 1.43. The van der Waals surface area contributed by atoms with E-state index in [4.69, 9.17) is 11.6 Å². The lowest BCUT2D eigenvalue weighted by Crippen LogP contribution is -2.59. The standard InChI is InChI=1S/C27H26ClN3O/c28-22-9-7-21(8-10-22)26-14-19-13-20(15-26)17-27(16-19,18-26)25(32)31(23-5-1-3-11-29-23)24-6-2-4-12-30-24/h1-12,19-20H,13-18H2. The lowest BCUT2D eigenvalue weighted by atomic mass is 9.42. The summed E-state index contributed by atoms with van der Waals surface area (Å²) in [6.07, 6.45) is 9.91. The molecule has 4 bridgehead atoms. The molecule has 7 rings (SSSR count). The van der Waals surface area contributed by atoms with Gasteiger partial charge in [0, 0.05) is 17.4 Å². The fourth-order valence-electron chi connectivity index (χ4n) is 7.19. The molecule has 0 aliphatic heterocycles. The van der Waals surface area contributed by atoms with Crippen molar-refractivity contribution in [1.29, 1.82) is 0 Å². The number of anilines is 2. The van der Waals surface area contributed by atoms with Crippen molar-refractivity contribution in [2.45, 2.75) is 43.9 Å². The highest BCUT2D eigenvalue weighted by Gasteiger charge is 2.62. The molecule has 0 N–H and O–H groups in total. The maximum Gasteiger partial charge on any atom is 0.240 e. The van der Waals surface area contributed by atoms with Gasteiger partial charge in [0.1, 0.15) is 11.6 Å². The topological polar surface area (TPSA) is 46.1 Å². The first-order valence-corrected chi connectivity index (χ1v) is 11.9. The summed E-state index contributed by atoms with van der Waals surface area (Å²) in [5, 5.41) is 0.765. The van der Waals surface area contributed by atoms with Crippen LogP contribution in [-0.2, 0) is 10.2 Å². The number of halogens is 1. The Morgan fingerprint density at radius 1 is 0.844 bits per heavy atom. The van der Waals surface area contributed by atoms with Gasteiger partial charge in [0.25, 0.3) is 0 Å². The molecule has 2 heterocycles. The fourth-order valence-corrected chi connectivity index (χ4v) is 7.31. The zero-order chi connectivity index (χ0) is 21.8. The van der Waals surface area contributed by atoms with E-state index >= 15 is 0 Å². The van der Waals surface area contributed by atoms with Crippen molar-refractivity contribution >= 4 is 29.1 Å². The van der Waals surface area contributed by atoms with E-state index in [0.29, 0.717) is 23.5 Å². The van der Waals surface area contributed by atoms with Gasteiger partial charge in [-0.3, -0.25) is 4.79 Å². The van der Waals surface area contributed by atoms with Crippen LogP contribution in [0.4, 0.5) is 11.6 Å². The Morgan fingerprint density at radius 3 is 1.97 bits per heavy atom. The van der Waals surface area contributed by atoms with Gasteiger partial charge in [0.2, 0.25) is 5.91 Å². The predicted molar refractivity (Wildman–Crippen MR) is 126 cm³/mol. The van der Waals surface area contributed by atoms with Crippen LogP contribution in [0.15, 0.2) is 73.1 Å². The lowest BCUT2D eigenvalue weighted by molar-refractivity contribution is -0.145. The Labute approximate surface area is 193 Å². The SMILES string of the molecule is O=C(N(c1ccccn1)c1ccccn1)C12CC3CC(C1)CC(c1ccc(Cl)cc1)(C3)C2. The molecule has 4 aliphatic rings. The third-order valence-electron chi connectivity index (χ3n) is 7.93. The Hall–Kier alpha value is -2.72. The summed E-state index contributed by atoms with van der Waals surface area (Å²) in [4.78, 5) is 25.3. The number of rotatable bonds is 4. The molecule has 2 unspecified atom stereocenters. The van der Waals surface area contributed by atoms with Gasteiger partial charge >= 0.3 is 0 Å². The molecule has 5 heteroatoms. The van der Waals surface area contributed by atoms with E-state index < -0.39 is 0 Å². The molecule has 4 nitrogen and oxygen atoms in total. The van der Waals surface area contributed by atoms with Crippen molar-refractivity contribution in [2.75, 3.05) is 4.90 Å². The summed E-state index contributed by atoms with van der Waals surface area (Å²) in [5.41, 5.74) is 1.03. The van der Waals surface area contributed by atoms with Crippen LogP contribution in [0.5, 0.6) is 0 Å². The average molecular weight is 444 g/mol. The van der Waals surface area contributed by atoms with Crippen molar-refractivity contribution in [2.24, 2.45) is 17.3 Å². The molecule has 0 radical (unpaired) electrons. The second-order valence-electron chi connectivity index (χ2n) is 10.0. The average Bonchev–Trinajstić information content (AvgIpc) is 2.80. The molecule has 2 atom stereocenters. The smallest absolute Gasteiger partial charge is 0.240 e. The van der Waals surface area contributed by atoms with Crippen LogP contribution in [0.25, 0.3) is 0 Å². The highest BCUT2D eigenvalue weighted by atomic mass is 35.5. The van der Waals surface area contributed by atoms with Crippen molar-refractivity contribution in [1.82, 2.24) is 9.97 Å². The van der Waals surface area contributed by atoms with Crippen molar-refractivity contribution in [3.8, 4) is 0 Å². The number of hydrogen-bond donors (Lipinski definition) is 0. The van der Waals surface area contributed by atoms with E-state index in [0.717, 1.165) is 24.3 Å². The van der Waals surface area contributed by atoms with Crippen molar-refractivity contribution in [3.05, 3.63) is 83.6 Å². The Kier molecular flexibility index (Phi) is 4.62. The summed E-state index contributed by atoms with van der Waals surface area (Å²) in [7, 11) is 0. The van der Waals surface area contributed by atoms with Gasteiger partial charge < -0.3 is 0 Å². The van der Waals surface area contributed by atoms with E-state index in [-0.39, 0.29) is 16.7 Å². The number of carbonyl (C=O) groups is 1. The number of aromatic nitrogens is 2. The Morgan fingerprint density at radius 2 is 1.44 bits per heavy atom. The minimum absolute atomic E-state index is 0.0598. The number of benzene rings is 1. The van der Waals surface area contributed by atoms with Crippen molar-refractivity contribution in [3.63, 3.8) is 0 Å². The fraction of sp³-hybridized carbons (Fsp3) is 0.370. The second-order valence-corrected chi connectivity index (χ2v) is 10.5. The molecule has 4 fully saturated rings. The largest absolute Gasteiger partial charge is 0.273 e. The summed E-state index contributed by atoms with van der Waals surface area (Å²) in [6, 6.07) is 19.8. The highest BCUT2D eigenvalue weighted by Crippen LogP contribution is 2.66. The molecule has 2 aromatic heterocycles. The highest BCUT2D eigenvalue weighted by molar-refractivity contribution is 6.30. The first-order chi connectivity index (χ1) is 15.6. The van der Waals surface area contributed by atoms with E-state index in [9.17, 15) is 4.79 Å². The van der Waals surface area contributed by atoms with Crippen LogP contribution in [-0.4, -0.2) is 15.9 Å². The lowest BCUT2D eigenvalue weighted by Gasteiger charge is -2.62. The van der Waals surface area contributed by atoms with Gasteiger partial charge in [-0.2, -0.15) is 0 Å². The summed E-state index contributed by atoms with van der Waals surface area (Å²) >= 11 is 6.20. The van der Waals surface area contributed by atoms with E-state index in [2.05, 4.69) is 22.1 Å². The van der Waals surface area contributed by atoms with Gasteiger partial charge in [-0.05, 0) is 97.7 Å². The van der Waals surface area contributed by atoms with Crippen LogP contribution >= 0.6 is 11.6 Å². The van der Waals surface area contributed by atoms with Gasteiger partial charge in [0.15, 0.2) is 0 Å². The van der Waals surface area contributed by atoms with Gasteiger partial charge in [-0.15, -0.1) is 0 Å². The summed E-state index contributed by atoms with van der Waals surface area (Å²) in [6.45, 7) is 0. The number of nitrogens with zero attached hydrogens (tertiary/aromatic N) is 3. The normalized spacial score (nSPS) is 30.3. The number of hydrogen-bond acceptors (Lipinski definition) is 3. The molecule has 0 saturated heterocycles. The quantitative estimate of drug-likeness (QED) is 0.473. The molecule has 32 heavy (non-hydrogen) atoms. The van der Waals surface area contributed by atoms with Crippen LogP contribution in [0.2, 0.25) is 5.02 Å². The van der Waals surface area contributed by atoms with Gasteiger partial charge in [-0.25, -0.2) is 14.9 Å². The van der Waals surface area contributed by atoms with Crippen LogP contribution in [0.1, 0.15) is 44.1 Å². The predicted octanol–water partition coefficient (Wildman–Crippen LogP) is 6.33. The van der Waals surface area contributed by atoms with Crippen molar-refractivity contribution < 1.29 is 4.79 Å². The molecule has 1 amide bonds. The van der Waals surface area contributed by atoms with Gasteiger partial charge in [-0.1, -0.05) is 35.9 Å². The first kappa shape index (κ1) is 19.9. The summed E-state index contributed by atoms with van der Waals surface area (Å²) in [5.74, 6) is 2.62. The molecule has 4 saturated carbocycles. The maximum absolute atomic E-state index is 14.5. The monoisotopic (exact) mass is 443 g/mol. The molecule has 4 aliphatic carbocycles. The molecular formula is C27H26ClN3O. The van der Waals surface area contributed by atoms with E-state index in [1.165, 1.54) is 24.8 Å². The van der Waals surface area contributed by atoms with E-state index in [1.54, 1.807) is 17.3 Å². The zero-order valence-electron chi connectivity index (χ0n) is 18.0. The van der Waals surface area contributed by atoms with Crippen LogP contribution in [0, 0.1) is 17.3 Å². The van der Waals surface area contributed by atoms with Gasteiger partial charge in [0.05, 0.1) is 5.41 Å². The number of pyridine rings is 2. The zero-order valence-corrected chi connectivity index (χ0v) is 18.7. The second kappa shape index (κ2) is 7.41. The minimum atomic E-state index is -0.376. The molecule has 1 aromatic carbocycles. The molecule has 3 aromatic rings. The molecule has 162 valence electrons. The first-order valence-electron chi connectivity index (χ1n) is 11.5. The van der Waals surface area contributed by atoms with E-state index in [1.807, 2.05) is 48.5 Å². The number of carbonyl (C=O) groups excluding carboxylic acids is 1.